The molecule has 0 atom stereocenters. The molecule has 0 saturated heterocycles. The van der Waals surface area contributed by atoms with Gasteiger partial charge in [0.25, 0.3) is 0 Å². The third kappa shape index (κ3) is 3.62. The van der Waals surface area contributed by atoms with Gasteiger partial charge in [0.2, 0.25) is 0 Å². The van der Waals surface area contributed by atoms with E-state index in [1.165, 1.54) is 25.7 Å². The van der Waals surface area contributed by atoms with Crippen LogP contribution in [0, 0.1) is 5.92 Å². The fraction of sp³-hybridized carbons (Fsp3) is 0.733. The summed E-state index contributed by atoms with van der Waals surface area (Å²) in [5.74, 6) is 2.56. The van der Waals surface area contributed by atoms with Gasteiger partial charge in [0, 0.05) is 19.1 Å². The van der Waals surface area contributed by atoms with Crippen molar-refractivity contribution >= 4 is 27.6 Å². The third-order valence-corrected chi connectivity index (χ3v) is 4.44. The molecule has 2 rings (SSSR count). The third-order valence-electron chi connectivity index (χ3n) is 3.71. The summed E-state index contributed by atoms with van der Waals surface area (Å²) in [6.45, 7) is 8.52. The lowest BCUT2D eigenvalue weighted by atomic mass is 10.1. The molecule has 0 aromatic carbocycles. The van der Waals surface area contributed by atoms with E-state index in [0.717, 1.165) is 29.2 Å². The van der Waals surface area contributed by atoms with Gasteiger partial charge in [-0.15, -0.1) is 0 Å². The van der Waals surface area contributed by atoms with E-state index in [1.54, 1.807) is 6.33 Å². The van der Waals surface area contributed by atoms with Gasteiger partial charge >= 0.3 is 0 Å². The van der Waals surface area contributed by atoms with Crippen molar-refractivity contribution in [2.75, 3.05) is 23.3 Å². The SMILES string of the molecule is CCNc1ncnc(N(CC(C)C)C2CCCC2)c1Br. The van der Waals surface area contributed by atoms with Gasteiger partial charge in [-0.05, 0) is 41.6 Å². The van der Waals surface area contributed by atoms with Gasteiger partial charge < -0.3 is 10.2 Å². The minimum atomic E-state index is 0.623. The van der Waals surface area contributed by atoms with Gasteiger partial charge in [-0.2, -0.15) is 0 Å². The molecule has 1 fully saturated rings. The van der Waals surface area contributed by atoms with E-state index in [1.807, 2.05) is 0 Å². The van der Waals surface area contributed by atoms with Crippen molar-refractivity contribution in [2.45, 2.75) is 52.5 Å². The van der Waals surface area contributed by atoms with Crippen LogP contribution >= 0.6 is 15.9 Å². The fourth-order valence-electron chi connectivity index (χ4n) is 2.87. The Hall–Kier alpha value is -0.840. The summed E-state index contributed by atoms with van der Waals surface area (Å²) in [5.41, 5.74) is 0. The minimum absolute atomic E-state index is 0.623. The standard InChI is InChI=1S/C15H25BrN4/c1-4-17-14-13(16)15(19-10-18-14)20(9-11(2)3)12-7-5-6-8-12/h10-12H,4-9H2,1-3H3,(H,17,18,19). The number of rotatable bonds is 6. The van der Waals surface area contributed by atoms with Crippen LogP contribution in [-0.4, -0.2) is 29.1 Å². The van der Waals surface area contributed by atoms with Crippen LogP contribution in [0.1, 0.15) is 46.5 Å². The molecule has 0 radical (unpaired) electrons. The normalized spacial score (nSPS) is 15.8. The summed E-state index contributed by atoms with van der Waals surface area (Å²) in [7, 11) is 0. The molecule has 5 heteroatoms. The van der Waals surface area contributed by atoms with E-state index >= 15 is 0 Å². The van der Waals surface area contributed by atoms with Crippen LogP contribution in [0.3, 0.4) is 0 Å². The predicted molar refractivity (Wildman–Crippen MR) is 88.3 cm³/mol. The summed E-state index contributed by atoms with van der Waals surface area (Å²) in [6, 6.07) is 0.623. The maximum Gasteiger partial charge on any atom is 0.148 e. The zero-order chi connectivity index (χ0) is 14.5. The summed E-state index contributed by atoms with van der Waals surface area (Å²) in [6.07, 6.45) is 6.89. The molecule has 20 heavy (non-hydrogen) atoms. The molecular formula is C15H25BrN4. The first-order chi connectivity index (χ1) is 9.63. The zero-order valence-corrected chi connectivity index (χ0v) is 14.3. The molecule has 4 nitrogen and oxygen atoms in total. The van der Waals surface area contributed by atoms with E-state index in [9.17, 15) is 0 Å². The Bertz CT molecular complexity index is 430. The first kappa shape index (κ1) is 15.5. The Morgan fingerprint density at radius 1 is 1.35 bits per heavy atom. The van der Waals surface area contributed by atoms with Crippen molar-refractivity contribution in [1.29, 1.82) is 0 Å². The molecule has 1 heterocycles. The molecule has 0 amide bonds. The Kier molecular flexibility index (Phi) is 5.64. The molecular weight excluding hydrogens is 316 g/mol. The van der Waals surface area contributed by atoms with Crippen LogP contribution < -0.4 is 10.2 Å². The molecule has 0 unspecified atom stereocenters. The highest BCUT2D eigenvalue weighted by atomic mass is 79.9. The second-order valence-corrected chi connectivity index (χ2v) is 6.67. The van der Waals surface area contributed by atoms with Crippen molar-refractivity contribution in [2.24, 2.45) is 5.92 Å². The number of anilines is 2. The molecule has 1 aromatic rings. The number of halogens is 1. The molecule has 1 N–H and O–H groups in total. The summed E-state index contributed by atoms with van der Waals surface area (Å²) < 4.78 is 0.995. The quantitative estimate of drug-likeness (QED) is 0.847. The molecule has 0 bridgehead atoms. The highest BCUT2D eigenvalue weighted by Gasteiger charge is 2.26. The lowest BCUT2D eigenvalue weighted by Gasteiger charge is -2.32. The Morgan fingerprint density at radius 3 is 2.65 bits per heavy atom. The zero-order valence-electron chi connectivity index (χ0n) is 12.7. The monoisotopic (exact) mass is 340 g/mol. The van der Waals surface area contributed by atoms with E-state index in [-0.39, 0.29) is 0 Å². The van der Waals surface area contributed by atoms with E-state index < -0.39 is 0 Å². The van der Waals surface area contributed by atoms with Crippen molar-refractivity contribution < 1.29 is 0 Å². The molecule has 112 valence electrons. The predicted octanol–water partition coefficient (Wildman–Crippen LogP) is 4.08. The highest BCUT2D eigenvalue weighted by Crippen LogP contribution is 2.34. The average molecular weight is 341 g/mol. The van der Waals surface area contributed by atoms with Crippen LogP contribution in [0.25, 0.3) is 0 Å². The van der Waals surface area contributed by atoms with E-state index in [0.29, 0.717) is 12.0 Å². The first-order valence-electron chi connectivity index (χ1n) is 7.64. The summed E-state index contributed by atoms with van der Waals surface area (Å²) >= 11 is 3.69. The first-order valence-corrected chi connectivity index (χ1v) is 8.43. The number of nitrogens with one attached hydrogen (secondary N) is 1. The molecule has 1 saturated carbocycles. The van der Waals surface area contributed by atoms with Crippen LogP contribution in [0.5, 0.6) is 0 Å². The van der Waals surface area contributed by atoms with Gasteiger partial charge in [0.1, 0.15) is 22.4 Å². The van der Waals surface area contributed by atoms with Crippen LogP contribution in [0.4, 0.5) is 11.6 Å². The molecule has 1 aliphatic rings. The molecule has 1 aliphatic carbocycles. The van der Waals surface area contributed by atoms with E-state index in [2.05, 4.69) is 56.9 Å². The fourth-order valence-corrected chi connectivity index (χ4v) is 3.44. The number of hydrogen-bond donors (Lipinski definition) is 1. The van der Waals surface area contributed by atoms with Gasteiger partial charge in [-0.25, -0.2) is 9.97 Å². The Balaban J connectivity index is 2.29. The topological polar surface area (TPSA) is 41.1 Å². The molecule has 0 aliphatic heterocycles. The van der Waals surface area contributed by atoms with Crippen molar-refractivity contribution in [3.63, 3.8) is 0 Å². The second kappa shape index (κ2) is 7.25. The minimum Gasteiger partial charge on any atom is -0.369 e. The lowest BCUT2D eigenvalue weighted by molar-refractivity contribution is 0.530. The Morgan fingerprint density at radius 2 is 2.05 bits per heavy atom. The van der Waals surface area contributed by atoms with Crippen molar-refractivity contribution in [3.8, 4) is 0 Å². The van der Waals surface area contributed by atoms with Crippen LogP contribution in [0.15, 0.2) is 10.8 Å². The van der Waals surface area contributed by atoms with Gasteiger partial charge in [-0.1, -0.05) is 26.7 Å². The van der Waals surface area contributed by atoms with Crippen LogP contribution in [0.2, 0.25) is 0 Å². The second-order valence-electron chi connectivity index (χ2n) is 5.87. The average Bonchev–Trinajstić information content (AvgIpc) is 2.93. The number of aromatic nitrogens is 2. The van der Waals surface area contributed by atoms with Crippen LogP contribution in [-0.2, 0) is 0 Å². The van der Waals surface area contributed by atoms with Gasteiger partial charge in [-0.3, -0.25) is 0 Å². The van der Waals surface area contributed by atoms with Crippen molar-refractivity contribution in [3.05, 3.63) is 10.8 Å². The largest absolute Gasteiger partial charge is 0.369 e. The lowest BCUT2D eigenvalue weighted by Crippen LogP contribution is -2.37. The smallest absolute Gasteiger partial charge is 0.148 e. The van der Waals surface area contributed by atoms with Gasteiger partial charge in [0.15, 0.2) is 0 Å². The highest BCUT2D eigenvalue weighted by molar-refractivity contribution is 9.10. The summed E-state index contributed by atoms with van der Waals surface area (Å²) in [4.78, 5) is 11.3. The van der Waals surface area contributed by atoms with E-state index in [4.69, 9.17) is 0 Å². The maximum atomic E-state index is 4.55. The number of nitrogens with zero attached hydrogens (tertiary/aromatic N) is 3. The van der Waals surface area contributed by atoms with Crippen molar-refractivity contribution in [1.82, 2.24) is 9.97 Å². The van der Waals surface area contributed by atoms with Gasteiger partial charge in [0.05, 0.1) is 0 Å². The molecule has 0 spiro atoms. The maximum absolute atomic E-state index is 4.55. The Labute approximate surface area is 130 Å². The summed E-state index contributed by atoms with van der Waals surface area (Å²) in [5, 5.41) is 3.29. The molecule has 1 aromatic heterocycles. The number of hydrogen-bond acceptors (Lipinski definition) is 4.